The first kappa shape index (κ1) is 16.1. The second kappa shape index (κ2) is 5.98. The second-order valence-electron chi connectivity index (χ2n) is 7.52. The number of piperidine rings is 1. The Morgan fingerprint density at radius 1 is 1.24 bits per heavy atom. The van der Waals surface area contributed by atoms with Crippen LogP contribution in [0.1, 0.15) is 49.3 Å². The predicted octanol–water partition coefficient (Wildman–Crippen LogP) is 5.14. The first-order valence-electron chi connectivity index (χ1n) is 8.97. The third-order valence-corrected chi connectivity index (χ3v) is 6.38. The number of hydrogen-bond donors (Lipinski definition) is 1. The molecule has 2 atom stereocenters. The molecule has 0 spiro atoms. The topological polar surface area (TPSA) is 47.3 Å². The Morgan fingerprint density at radius 2 is 2.04 bits per heavy atom. The molecule has 2 aliphatic carbocycles. The van der Waals surface area contributed by atoms with Gasteiger partial charge in [0, 0.05) is 23.6 Å². The summed E-state index contributed by atoms with van der Waals surface area (Å²) in [7, 11) is 0. The number of fused-ring (bicyclic) bond motifs is 2. The van der Waals surface area contributed by atoms with Crippen molar-refractivity contribution in [2.45, 2.75) is 50.4 Å². The van der Waals surface area contributed by atoms with Crippen molar-refractivity contribution in [3.05, 3.63) is 39.6 Å². The minimum absolute atomic E-state index is 0.176. The molecule has 3 fully saturated rings. The predicted molar refractivity (Wildman–Crippen MR) is 96.8 cm³/mol. The van der Waals surface area contributed by atoms with Gasteiger partial charge in [-0.05, 0) is 50.2 Å². The molecule has 0 radical (unpaired) electrons. The standard InChI is InChI=1S/C19H20Cl2N2O2/c20-14-2-1-3-15(21)16(14)17-13(18(25-23-17)12-4-5-12)10-24-19-7-6-11(8-19)9-22-19/h1-3,11-12,22H,4-10H2. The van der Waals surface area contributed by atoms with Crippen molar-refractivity contribution in [1.82, 2.24) is 10.5 Å². The highest BCUT2D eigenvalue weighted by Crippen LogP contribution is 2.47. The van der Waals surface area contributed by atoms with E-state index in [1.807, 2.05) is 18.2 Å². The minimum Gasteiger partial charge on any atom is -0.360 e. The van der Waals surface area contributed by atoms with Gasteiger partial charge in [-0.25, -0.2) is 0 Å². The van der Waals surface area contributed by atoms with E-state index in [1.165, 1.54) is 6.42 Å². The van der Waals surface area contributed by atoms with E-state index in [0.29, 0.717) is 22.6 Å². The fraction of sp³-hybridized carbons (Fsp3) is 0.526. The van der Waals surface area contributed by atoms with Crippen LogP contribution < -0.4 is 5.32 Å². The van der Waals surface area contributed by atoms with Gasteiger partial charge in [-0.3, -0.25) is 5.32 Å². The van der Waals surface area contributed by atoms with Gasteiger partial charge < -0.3 is 9.26 Å². The Bertz CT molecular complexity index is 788. The molecule has 1 N–H and O–H groups in total. The van der Waals surface area contributed by atoms with E-state index in [1.54, 1.807) is 0 Å². The number of aromatic nitrogens is 1. The van der Waals surface area contributed by atoms with Crippen LogP contribution in [0.2, 0.25) is 10.0 Å². The Labute approximate surface area is 156 Å². The van der Waals surface area contributed by atoms with Crippen LogP contribution in [0.25, 0.3) is 11.3 Å². The average molecular weight is 379 g/mol. The summed E-state index contributed by atoms with van der Waals surface area (Å²) in [6, 6.07) is 5.50. The van der Waals surface area contributed by atoms with E-state index < -0.39 is 0 Å². The summed E-state index contributed by atoms with van der Waals surface area (Å²) >= 11 is 12.8. The molecule has 0 amide bonds. The van der Waals surface area contributed by atoms with Crippen molar-refractivity contribution in [1.29, 1.82) is 0 Å². The molecule has 2 unspecified atom stereocenters. The Kier molecular flexibility index (Phi) is 3.86. The van der Waals surface area contributed by atoms with Gasteiger partial charge in [-0.1, -0.05) is 34.4 Å². The molecule has 4 nitrogen and oxygen atoms in total. The smallest absolute Gasteiger partial charge is 0.145 e. The number of nitrogens with one attached hydrogen (secondary N) is 1. The molecule has 1 saturated heterocycles. The molecule has 1 aromatic heterocycles. The van der Waals surface area contributed by atoms with E-state index in [4.69, 9.17) is 32.5 Å². The van der Waals surface area contributed by atoms with Gasteiger partial charge in [0.05, 0.1) is 16.7 Å². The first-order valence-corrected chi connectivity index (χ1v) is 9.73. The molecule has 3 aliphatic rings. The van der Waals surface area contributed by atoms with E-state index >= 15 is 0 Å². The minimum atomic E-state index is -0.176. The first-order chi connectivity index (χ1) is 12.2. The number of benzene rings is 1. The molecule has 2 heterocycles. The molecule has 2 saturated carbocycles. The van der Waals surface area contributed by atoms with E-state index in [2.05, 4.69) is 10.5 Å². The molecule has 25 heavy (non-hydrogen) atoms. The number of nitrogens with zero attached hydrogens (tertiary/aromatic N) is 1. The molecule has 6 heteroatoms. The summed E-state index contributed by atoms with van der Waals surface area (Å²) in [6.45, 7) is 1.54. The molecular weight excluding hydrogens is 359 g/mol. The fourth-order valence-corrected chi connectivity index (χ4v) is 4.79. The number of ether oxygens (including phenoxy) is 1. The van der Waals surface area contributed by atoms with Crippen molar-refractivity contribution < 1.29 is 9.26 Å². The molecule has 1 aliphatic heterocycles. The zero-order chi connectivity index (χ0) is 17.0. The van der Waals surface area contributed by atoms with Crippen LogP contribution in [0.4, 0.5) is 0 Å². The maximum atomic E-state index is 6.41. The second-order valence-corrected chi connectivity index (χ2v) is 8.33. The lowest BCUT2D eigenvalue weighted by Crippen LogP contribution is -2.42. The van der Waals surface area contributed by atoms with Gasteiger partial charge in [0.1, 0.15) is 17.2 Å². The molecule has 1 aromatic carbocycles. The van der Waals surface area contributed by atoms with Gasteiger partial charge in [0.2, 0.25) is 0 Å². The van der Waals surface area contributed by atoms with Crippen LogP contribution in [0.15, 0.2) is 22.7 Å². The van der Waals surface area contributed by atoms with Gasteiger partial charge >= 0.3 is 0 Å². The van der Waals surface area contributed by atoms with E-state index in [0.717, 1.165) is 60.7 Å². The zero-order valence-corrected chi connectivity index (χ0v) is 15.4. The van der Waals surface area contributed by atoms with Gasteiger partial charge in [-0.2, -0.15) is 0 Å². The Morgan fingerprint density at radius 3 is 2.64 bits per heavy atom. The van der Waals surface area contributed by atoms with E-state index in [-0.39, 0.29) is 5.72 Å². The largest absolute Gasteiger partial charge is 0.360 e. The highest BCUT2D eigenvalue weighted by molar-refractivity contribution is 6.39. The average Bonchev–Trinajstić information content (AvgIpc) is 3.07. The van der Waals surface area contributed by atoms with Crippen LogP contribution in [-0.4, -0.2) is 17.4 Å². The highest BCUT2D eigenvalue weighted by atomic mass is 35.5. The summed E-state index contributed by atoms with van der Waals surface area (Å²) in [5.74, 6) is 2.14. The molecular formula is C19H20Cl2N2O2. The quantitative estimate of drug-likeness (QED) is 0.781. The summed E-state index contributed by atoms with van der Waals surface area (Å²) in [5, 5.41) is 9.05. The van der Waals surface area contributed by atoms with Crippen LogP contribution in [0.5, 0.6) is 0 Å². The lowest BCUT2D eigenvalue weighted by molar-refractivity contribution is -0.0657. The highest BCUT2D eigenvalue weighted by Gasteiger charge is 2.46. The van der Waals surface area contributed by atoms with Crippen molar-refractivity contribution in [3.8, 4) is 11.3 Å². The molecule has 5 rings (SSSR count). The van der Waals surface area contributed by atoms with Gasteiger partial charge in [0.25, 0.3) is 0 Å². The van der Waals surface area contributed by atoms with Gasteiger partial charge in [-0.15, -0.1) is 0 Å². The van der Waals surface area contributed by atoms with Crippen molar-refractivity contribution in [2.24, 2.45) is 5.92 Å². The van der Waals surface area contributed by atoms with Crippen LogP contribution >= 0.6 is 23.2 Å². The van der Waals surface area contributed by atoms with Crippen LogP contribution in [0.3, 0.4) is 0 Å². The van der Waals surface area contributed by atoms with Crippen molar-refractivity contribution in [3.63, 3.8) is 0 Å². The maximum absolute atomic E-state index is 6.41. The third-order valence-electron chi connectivity index (χ3n) is 5.75. The molecule has 2 bridgehead atoms. The van der Waals surface area contributed by atoms with Crippen molar-refractivity contribution in [2.75, 3.05) is 6.54 Å². The lowest BCUT2D eigenvalue weighted by atomic mass is 10.0. The Hall–Kier alpha value is -1.07. The fourth-order valence-electron chi connectivity index (χ4n) is 4.21. The van der Waals surface area contributed by atoms with Crippen LogP contribution in [-0.2, 0) is 11.3 Å². The monoisotopic (exact) mass is 378 g/mol. The Balaban J connectivity index is 1.50. The summed E-state index contributed by atoms with van der Waals surface area (Å²) in [5.41, 5.74) is 2.29. The number of rotatable bonds is 5. The summed E-state index contributed by atoms with van der Waals surface area (Å²) in [6.07, 6.45) is 5.70. The zero-order valence-electron chi connectivity index (χ0n) is 13.9. The van der Waals surface area contributed by atoms with Crippen molar-refractivity contribution >= 4 is 23.2 Å². The lowest BCUT2D eigenvalue weighted by Gasteiger charge is -2.28. The summed E-state index contributed by atoms with van der Waals surface area (Å²) in [4.78, 5) is 0. The number of halogens is 2. The number of hydrogen-bond acceptors (Lipinski definition) is 4. The third kappa shape index (κ3) is 2.80. The van der Waals surface area contributed by atoms with E-state index in [9.17, 15) is 0 Å². The molecule has 2 aromatic rings. The normalized spacial score (nSPS) is 28.0. The molecule has 132 valence electrons. The SMILES string of the molecule is Clc1cccc(Cl)c1-c1noc(C2CC2)c1COC12CCC(CN1)C2. The maximum Gasteiger partial charge on any atom is 0.145 e. The van der Waals surface area contributed by atoms with Crippen LogP contribution in [0, 0.1) is 5.92 Å². The van der Waals surface area contributed by atoms with Gasteiger partial charge in [0.15, 0.2) is 0 Å². The summed E-state index contributed by atoms with van der Waals surface area (Å²) < 4.78 is 12.1.